The molecule has 4 nitrogen and oxygen atoms in total. The zero-order valence-corrected chi connectivity index (χ0v) is 12.0. The lowest BCUT2D eigenvalue weighted by Gasteiger charge is -2.19. The van der Waals surface area contributed by atoms with Crippen LogP contribution in [0.1, 0.15) is 22.9 Å². The molecule has 0 spiro atoms. The van der Waals surface area contributed by atoms with Gasteiger partial charge in [0, 0.05) is 18.7 Å². The van der Waals surface area contributed by atoms with Crippen molar-refractivity contribution in [2.75, 3.05) is 0 Å². The van der Waals surface area contributed by atoms with Gasteiger partial charge in [0.2, 0.25) is 0 Å². The fourth-order valence-corrected chi connectivity index (χ4v) is 2.54. The van der Waals surface area contributed by atoms with E-state index in [9.17, 15) is 8.78 Å². The van der Waals surface area contributed by atoms with E-state index in [1.807, 2.05) is 0 Å². The highest BCUT2D eigenvalue weighted by molar-refractivity contribution is 9.10. The Labute approximate surface area is 117 Å². The maximum atomic E-state index is 13.9. The zero-order chi connectivity index (χ0) is 14.2. The van der Waals surface area contributed by atoms with Crippen LogP contribution in [0.3, 0.4) is 0 Å². The van der Waals surface area contributed by atoms with Crippen LogP contribution in [0.2, 0.25) is 0 Å². The fraction of sp³-hybridized carbons (Fsp3) is 0.250. The van der Waals surface area contributed by atoms with Crippen LogP contribution in [0.4, 0.5) is 8.78 Å². The predicted octanol–water partition coefficient (Wildman–Crippen LogP) is 2.32. The zero-order valence-electron chi connectivity index (χ0n) is 10.4. The SMILES string of the molecule is Cc1cc(C(NN)c2c(Br)cnn2C)c(F)cc1F. The van der Waals surface area contributed by atoms with Crippen molar-refractivity contribution >= 4 is 15.9 Å². The van der Waals surface area contributed by atoms with Gasteiger partial charge < -0.3 is 0 Å². The Morgan fingerprint density at radius 1 is 1.37 bits per heavy atom. The first-order valence-electron chi connectivity index (χ1n) is 5.54. The number of hydrazine groups is 1. The molecule has 7 heteroatoms. The van der Waals surface area contributed by atoms with Crippen LogP contribution in [0.5, 0.6) is 0 Å². The monoisotopic (exact) mass is 330 g/mol. The molecule has 2 rings (SSSR count). The van der Waals surface area contributed by atoms with Gasteiger partial charge in [-0.25, -0.2) is 14.2 Å². The van der Waals surface area contributed by atoms with E-state index in [0.717, 1.165) is 6.07 Å². The molecule has 102 valence electrons. The molecule has 2 aromatic rings. The van der Waals surface area contributed by atoms with Gasteiger partial charge in [0.15, 0.2) is 0 Å². The second kappa shape index (κ2) is 5.36. The summed E-state index contributed by atoms with van der Waals surface area (Å²) in [5.74, 6) is 4.28. The van der Waals surface area contributed by atoms with Crippen LogP contribution in [0, 0.1) is 18.6 Å². The molecule has 19 heavy (non-hydrogen) atoms. The molecular formula is C12H13BrF2N4. The van der Waals surface area contributed by atoms with Crippen molar-refractivity contribution in [1.29, 1.82) is 0 Å². The molecule has 0 amide bonds. The second-order valence-electron chi connectivity index (χ2n) is 4.22. The molecule has 1 aromatic carbocycles. The number of hydrogen-bond donors (Lipinski definition) is 2. The van der Waals surface area contributed by atoms with E-state index in [1.165, 1.54) is 6.07 Å². The van der Waals surface area contributed by atoms with Gasteiger partial charge in [0.05, 0.1) is 22.4 Å². The third kappa shape index (κ3) is 2.54. The molecule has 0 bridgehead atoms. The number of benzene rings is 1. The van der Waals surface area contributed by atoms with Crippen molar-refractivity contribution in [1.82, 2.24) is 15.2 Å². The van der Waals surface area contributed by atoms with Crippen LogP contribution in [0.25, 0.3) is 0 Å². The third-order valence-electron chi connectivity index (χ3n) is 2.97. The minimum absolute atomic E-state index is 0.269. The van der Waals surface area contributed by atoms with Gasteiger partial charge in [-0.2, -0.15) is 5.10 Å². The van der Waals surface area contributed by atoms with Crippen LogP contribution in [-0.4, -0.2) is 9.78 Å². The van der Waals surface area contributed by atoms with Gasteiger partial charge in [0.25, 0.3) is 0 Å². The molecule has 0 saturated carbocycles. The smallest absolute Gasteiger partial charge is 0.131 e. The first-order chi connectivity index (χ1) is 8.95. The Kier molecular flexibility index (Phi) is 3.98. The van der Waals surface area contributed by atoms with Gasteiger partial charge in [-0.1, -0.05) is 0 Å². The van der Waals surface area contributed by atoms with Gasteiger partial charge in [-0.15, -0.1) is 0 Å². The highest BCUT2D eigenvalue weighted by atomic mass is 79.9. The van der Waals surface area contributed by atoms with Gasteiger partial charge in [-0.05, 0) is 34.5 Å². The van der Waals surface area contributed by atoms with Gasteiger partial charge in [0.1, 0.15) is 11.6 Å². The van der Waals surface area contributed by atoms with E-state index in [0.29, 0.717) is 15.7 Å². The maximum Gasteiger partial charge on any atom is 0.131 e. The summed E-state index contributed by atoms with van der Waals surface area (Å²) in [4.78, 5) is 0. The number of nitrogens with two attached hydrogens (primary N) is 1. The Hall–Kier alpha value is -1.31. The van der Waals surface area contributed by atoms with Crippen molar-refractivity contribution in [3.8, 4) is 0 Å². The van der Waals surface area contributed by atoms with E-state index in [2.05, 4.69) is 26.5 Å². The minimum atomic E-state index is -0.654. The lowest BCUT2D eigenvalue weighted by Crippen LogP contribution is -2.31. The molecule has 1 atom stereocenters. The molecule has 1 unspecified atom stereocenters. The van der Waals surface area contributed by atoms with E-state index >= 15 is 0 Å². The predicted molar refractivity (Wildman–Crippen MR) is 71.2 cm³/mol. The first-order valence-corrected chi connectivity index (χ1v) is 6.34. The van der Waals surface area contributed by atoms with Crippen LogP contribution < -0.4 is 11.3 Å². The largest absolute Gasteiger partial charge is 0.271 e. The molecule has 0 aliphatic carbocycles. The summed E-state index contributed by atoms with van der Waals surface area (Å²) in [5.41, 5.74) is 3.82. The topological polar surface area (TPSA) is 55.9 Å². The molecule has 1 heterocycles. The lowest BCUT2D eigenvalue weighted by molar-refractivity contribution is 0.519. The first kappa shape index (κ1) is 14.1. The van der Waals surface area contributed by atoms with E-state index in [1.54, 1.807) is 24.9 Å². The third-order valence-corrected chi connectivity index (χ3v) is 3.58. The van der Waals surface area contributed by atoms with E-state index in [4.69, 9.17) is 5.84 Å². The molecule has 0 saturated heterocycles. The van der Waals surface area contributed by atoms with Gasteiger partial charge in [-0.3, -0.25) is 10.5 Å². The number of aromatic nitrogens is 2. The summed E-state index contributed by atoms with van der Waals surface area (Å²) in [5, 5.41) is 4.06. The van der Waals surface area contributed by atoms with Crippen molar-refractivity contribution in [3.05, 3.63) is 51.3 Å². The van der Waals surface area contributed by atoms with Crippen LogP contribution in [0.15, 0.2) is 22.8 Å². The molecule has 1 aromatic heterocycles. The highest BCUT2D eigenvalue weighted by Gasteiger charge is 2.23. The van der Waals surface area contributed by atoms with Crippen molar-refractivity contribution in [2.45, 2.75) is 13.0 Å². The standard InChI is InChI=1S/C12H13BrF2N4/c1-6-3-7(10(15)4-9(6)14)11(18-16)12-8(13)5-17-19(12)2/h3-5,11,18H,16H2,1-2H3. The summed E-state index contributed by atoms with van der Waals surface area (Å²) >= 11 is 3.34. The minimum Gasteiger partial charge on any atom is -0.271 e. The Balaban J connectivity index is 2.58. The Morgan fingerprint density at radius 3 is 2.58 bits per heavy atom. The van der Waals surface area contributed by atoms with Gasteiger partial charge >= 0.3 is 0 Å². The summed E-state index contributed by atoms with van der Waals surface area (Å²) in [7, 11) is 1.72. The lowest BCUT2D eigenvalue weighted by atomic mass is 10.0. The molecule has 0 aliphatic rings. The number of hydrogen-bond acceptors (Lipinski definition) is 3. The molecule has 3 N–H and O–H groups in total. The fourth-order valence-electron chi connectivity index (χ4n) is 1.96. The number of nitrogens with zero attached hydrogens (tertiary/aromatic N) is 2. The van der Waals surface area contributed by atoms with E-state index < -0.39 is 17.7 Å². The second-order valence-corrected chi connectivity index (χ2v) is 5.08. The summed E-state index contributed by atoms with van der Waals surface area (Å²) < 4.78 is 29.5. The molecule has 0 aliphatic heterocycles. The molecule has 0 fully saturated rings. The summed E-state index contributed by atoms with van der Waals surface area (Å²) in [6.45, 7) is 1.57. The Morgan fingerprint density at radius 2 is 2.05 bits per heavy atom. The molecular weight excluding hydrogens is 318 g/mol. The maximum absolute atomic E-state index is 13.9. The summed E-state index contributed by atoms with van der Waals surface area (Å²) in [6.07, 6.45) is 1.59. The summed E-state index contributed by atoms with van der Waals surface area (Å²) in [6, 6.07) is 1.68. The number of halogens is 3. The highest BCUT2D eigenvalue weighted by Crippen LogP contribution is 2.30. The number of aryl methyl sites for hydroxylation is 2. The molecule has 0 radical (unpaired) electrons. The number of rotatable bonds is 3. The van der Waals surface area contributed by atoms with Crippen molar-refractivity contribution < 1.29 is 8.78 Å². The van der Waals surface area contributed by atoms with E-state index in [-0.39, 0.29) is 5.56 Å². The van der Waals surface area contributed by atoms with Crippen molar-refractivity contribution in [3.63, 3.8) is 0 Å². The Bertz CT molecular complexity index is 593. The normalized spacial score (nSPS) is 12.7. The quantitative estimate of drug-likeness (QED) is 0.670. The van der Waals surface area contributed by atoms with Crippen LogP contribution in [-0.2, 0) is 7.05 Å². The average molecular weight is 331 g/mol. The average Bonchev–Trinajstić information content (AvgIpc) is 2.68. The number of nitrogens with one attached hydrogen (secondary N) is 1. The van der Waals surface area contributed by atoms with Crippen LogP contribution >= 0.6 is 15.9 Å². The van der Waals surface area contributed by atoms with Crippen molar-refractivity contribution in [2.24, 2.45) is 12.9 Å².